The SMILES string of the molecule is Cc1ccc(C(=O)CSc2nnc3ccc(-c4ccc(C)cc4)nn23)cc1. The summed E-state index contributed by atoms with van der Waals surface area (Å²) in [7, 11) is 0. The molecule has 27 heavy (non-hydrogen) atoms. The predicted octanol–water partition coefficient (Wildman–Crippen LogP) is 4.38. The van der Waals surface area contributed by atoms with Crippen LogP contribution in [0.4, 0.5) is 0 Å². The lowest BCUT2D eigenvalue weighted by atomic mass is 10.1. The first-order valence-electron chi connectivity index (χ1n) is 8.62. The number of rotatable bonds is 5. The molecule has 2 aromatic carbocycles. The molecule has 0 spiro atoms. The van der Waals surface area contributed by atoms with Crippen molar-refractivity contribution in [2.45, 2.75) is 19.0 Å². The summed E-state index contributed by atoms with van der Waals surface area (Å²) in [5, 5.41) is 13.6. The minimum atomic E-state index is 0.0615. The molecule has 0 aliphatic carbocycles. The number of hydrogen-bond acceptors (Lipinski definition) is 5. The van der Waals surface area contributed by atoms with E-state index in [-0.39, 0.29) is 5.78 Å². The maximum absolute atomic E-state index is 12.4. The Kier molecular flexibility index (Phi) is 4.73. The number of Topliss-reactive ketones (excluding diaryl/α,β-unsaturated/α-hetero) is 1. The Morgan fingerprint density at radius 3 is 2.26 bits per heavy atom. The zero-order valence-corrected chi connectivity index (χ0v) is 15.9. The highest BCUT2D eigenvalue weighted by Crippen LogP contribution is 2.21. The number of carbonyl (C=O) groups is 1. The number of nitrogens with zero attached hydrogens (tertiary/aromatic N) is 4. The molecule has 0 saturated heterocycles. The van der Waals surface area contributed by atoms with Gasteiger partial charge in [0.25, 0.3) is 0 Å². The summed E-state index contributed by atoms with van der Waals surface area (Å²) in [6.07, 6.45) is 0. The van der Waals surface area contributed by atoms with Crippen molar-refractivity contribution in [3.8, 4) is 11.3 Å². The number of carbonyl (C=O) groups excluding carboxylic acids is 1. The van der Waals surface area contributed by atoms with Gasteiger partial charge in [0.15, 0.2) is 11.4 Å². The Bertz CT molecular complexity index is 1100. The quantitative estimate of drug-likeness (QED) is 0.383. The van der Waals surface area contributed by atoms with Crippen molar-refractivity contribution in [3.63, 3.8) is 0 Å². The van der Waals surface area contributed by atoms with Gasteiger partial charge < -0.3 is 0 Å². The van der Waals surface area contributed by atoms with E-state index in [1.54, 1.807) is 4.52 Å². The number of aromatic nitrogens is 4. The van der Waals surface area contributed by atoms with E-state index < -0.39 is 0 Å². The van der Waals surface area contributed by atoms with E-state index in [4.69, 9.17) is 0 Å². The highest BCUT2D eigenvalue weighted by Gasteiger charge is 2.12. The number of aryl methyl sites for hydroxylation is 2. The molecule has 6 heteroatoms. The van der Waals surface area contributed by atoms with Crippen LogP contribution in [0.2, 0.25) is 0 Å². The van der Waals surface area contributed by atoms with Gasteiger partial charge in [0.1, 0.15) is 0 Å². The molecule has 0 fully saturated rings. The normalized spacial score (nSPS) is 11.0. The molecule has 134 valence electrons. The summed E-state index contributed by atoms with van der Waals surface area (Å²) in [5.74, 6) is 0.353. The molecule has 5 nitrogen and oxygen atoms in total. The number of thioether (sulfide) groups is 1. The van der Waals surface area contributed by atoms with Gasteiger partial charge in [-0.3, -0.25) is 4.79 Å². The first-order chi connectivity index (χ1) is 13.1. The van der Waals surface area contributed by atoms with Crippen molar-refractivity contribution in [3.05, 3.63) is 77.4 Å². The maximum atomic E-state index is 12.4. The lowest BCUT2D eigenvalue weighted by molar-refractivity contribution is 0.102. The summed E-state index contributed by atoms with van der Waals surface area (Å²) >= 11 is 1.35. The number of fused-ring (bicyclic) bond motifs is 1. The number of benzene rings is 2. The van der Waals surface area contributed by atoms with Crippen LogP contribution in [-0.2, 0) is 0 Å². The molecule has 0 N–H and O–H groups in total. The maximum Gasteiger partial charge on any atom is 0.212 e. The van der Waals surface area contributed by atoms with Crippen LogP contribution in [0.5, 0.6) is 0 Å². The lowest BCUT2D eigenvalue weighted by Gasteiger charge is -2.04. The van der Waals surface area contributed by atoms with Gasteiger partial charge in [0.2, 0.25) is 5.16 Å². The second kappa shape index (κ2) is 7.32. The van der Waals surface area contributed by atoms with Crippen LogP contribution >= 0.6 is 11.8 Å². The van der Waals surface area contributed by atoms with Gasteiger partial charge in [-0.25, -0.2) is 0 Å². The van der Waals surface area contributed by atoms with Gasteiger partial charge in [-0.2, -0.15) is 9.61 Å². The van der Waals surface area contributed by atoms with Gasteiger partial charge in [-0.05, 0) is 26.0 Å². The van der Waals surface area contributed by atoms with E-state index >= 15 is 0 Å². The van der Waals surface area contributed by atoms with Gasteiger partial charge >= 0.3 is 0 Å². The third kappa shape index (κ3) is 3.75. The van der Waals surface area contributed by atoms with Crippen LogP contribution in [0.1, 0.15) is 21.5 Å². The van der Waals surface area contributed by atoms with Crippen molar-refractivity contribution in [1.29, 1.82) is 0 Å². The van der Waals surface area contributed by atoms with E-state index in [9.17, 15) is 4.79 Å². The molecular formula is C21H18N4OS. The van der Waals surface area contributed by atoms with Crippen LogP contribution in [0.3, 0.4) is 0 Å². The van der Waals surface area contributed by atoms with Crippen LogP contribution in [-0.4, -0.2) is 31.3 Å². The first kappa shape index (κ1) is 17.4. The molecule has 0 saturated carbocycles. The third-order valence-electron chi connectivity index (χ3n) is 4.29. The smallest absolute Gasteiger partial charge is 0.212 e. The summed E-state index contributed by atoms with van der Waals surface area (Å²) in [5.41, 5.74) is 5.58. The van der Waals surface area contributed by atoms with Crippen LogP contribution in [0, 0.1) is 13.8 Å². The lowest BCUT2D eigenvalue weighted by Crippen LogP contribution is -2.04. The average molecular weight is 374 g/mol. The second-order valence-corrected chi connectivity index (χ2v) is 7.36. The summed E-state index contributed by atoms with van der Waals surface area (Å²) in [4.78, 5) is 12.4. The minimum absolute atomic E-state index is 0.0615. The molecule has 0 bridgehead atoms. The molecule has 0 aliphatic rings. The van der Waals surface area contributed by atoms with Crippen LogP contribution < -0.4 is 0 Å². The van der Waals surface area contributed by atoms with E-state index in [0.29, 0.717) is 22.1 Å². The molecule has 4 rings (SSSR count). The summed E-state index contributed by atoms with van der Waals surface area (Å²) < 4.78 is 1.70. The molecule has 2 aromatic heterocycles. The zero-order chi connectivity index (χ0) is 18.8. The predicted molar refractivity (Wildman–Crippen MR) is 107 cm³/mol. The topological polar surface area (TPSA) is 60.2 Å². The fraction of sp³-hybridized carbons (Fsp3) is 0.143. The van der Waals surface area contributed by atoms with E-state index in [0.717, 1.165) is 16.8 Å². The van der Waals surface area contributed by atoms with Gasteiger partial charge in [-0.1, -0.05) is 71.4 Å². The summed E-state index contributed by atoms with van der Waals surface area (Å²) in [6.45, 7) is 4.06. The summed E-state index contributed by atoms with van der Waals surface area (Å²) in [6, 6.07) is 19.6. The third-order valence-corrected chi connectivity index (χ3v) is 5.21. The van der Waals surface area contributed by atoms with Gasteiger partial charge in [-0.15, -0.1) is 10.2 Å². The molecule has 0 unspecified atom stereocenters. The monoisotopic (exact) mass is 374 g/mol. The fourth-order valence-electron chi connectivity index (χ4n) is 2.69. The first-order valence-corrected chi connectivity index (χ1v) is 9.61. The number of ketones is 1. The van der Waals surface area contributed by atoms with Crippen LogP contribution in [0.25, 0.3) is 16.9 Å². The second-order valence-electron chi connectivity index (χ2n) is 6.42. The molecule has 0 aliphatic heterocycles. The Balaban J connectivity index is 1.56. The molecule has 0 radical (unpaired) electrons. The van der Waals surface area contributed by atoms with E-state index in [1.807, 2.05) is 55.5 Å². The highest BCUT2D eigenvalue weighted by atomic mass is 32.2. The minimum Gasteiger partial charge on any atom is -0.293 e. The highest BCUT2D eigenvalue weighted by molar-refractivity contribution is 7.99. The number of hydrogen-bond donors (Lipinski definition) is 0. The molecule has 4 aromatic rings. The van der Waals surface area contributed by atoms with Crippen LogP contribution in [0.15, 0.2) is 65.8 Å². The van der Waals surface area contributed by atoms with Gasteiger partial charge in [0.05, 0.1) is 11.4 Å². The zero-order valence-electron chi connectivity index (χ0n) is 15.1. The Hall–Kier alpha value is -2.99. The average Bonchev–Trinajstić information content (AvgIpc) is 3.09. The molecule has 0 amide bonds. The Morgan fingerprint density at radius 2 is 1.56 bits per heavy atom. The fourth-order valence-corrected chi connectivity index (χ4v) is 3.47. The van der Waals surface area contributed by atoms with Crippen molar-refractivity contribution >= 4 is 23.2 Å². The van der Waals surface area contributed by atoms with Gasteiger partial charge in [0, 0.05) is 11.1 Å². The Morgan fingerprint density at radius 1 is 0.889 bits per heavy atom. The standard InChI is InChI=1S/C21H18N4OS/c1-14-3-7-16(8-4-14)18-11-12-20-22-23-21(25(20)24-18)27-13-19(26)17-9-5-15(2)6-10-17/h3-12H,13H2,1-2H3. The van der Waals surface area contributed by atoms with E-state index in [2.05, 4.69) is 34.4 Å². The molecule has 0 atom stereocenters. The van der Waals surface area contributed by atoms with E-state index in [1.165, 1.54) is 17.3 Å². The van der Waals surface area contributed by atoms with Crippen molar-refractivity contribution in [2.24, 2.45) is 0 Å². The van der Waals surface area contributed by atoms with Crippen molar-refractivity contribution < 1.29 is 4.79 Å². The largest absolute Gasteiger partial charge is 0.293 e. The van der Waals surface area contributed by atoms with Crippen molar-refractivity contribution in [2.75, 3.05) is 5.75 Å². The Labute approximate surface area is 161 Å². The molecular weight excluding hydrogens is 356 g/mol. The van der Waals surface area contributed by atoms with Crippen molar-refractivity contribution in [1.82, 2.24) is 19.8 Å². The molecule has 2 heterocycles.